The van der Waals surface area contributed by atoms with Crippen LogP contribution in [0.25, 0.3) is 34.2 Å². The van der Waals surface area contributed by atoms with Gasteiger partial charge < -0.3 is 22.4 Å². The Morgan fingerprint density at radius 1 is 0.388 bits per heavy atom. The van der Waals surface area contributed by atoms with Gasteiger partial charge in [-0.3, -0.25) is 0 Å². The minimum atomic E-state index is -1.66. The number of rotatable bonds is 51. The number of ether oxygens (including phenoxy) is 3. The Morgan fingerprint density at radius 2 is 0.670 bits per heavy atom. The minimum absolute atomic E-state index is 0. The number of unbranched alkanes of at least 4 members (excludes halogenated alkanes) is 21. The first-order valence-electron chi connectivity index (χ1n) is 40.3. The molecule has 103 heavy (non-hydrogen) atoms. The fourth-order valence-electron chi connectivity index (χ4n) is 12.1. The zero-order valence-electron chi connectivity index (χ0n) is 67.7. The third-order valence-corrected chi connectivity index (χ3v) is 31.5. The van der Waals surface area contributed by atoms with E-state index in [2.05, 4.69) is 168 Å². The van der Waals surface area contributed by atoms with E-state index >= 15 is 0 Å². The van der Waals surface area contributed by atoms with E-state index in [1.54, 1.807) is 6.08 Å². The van der Waals surface area contributed by atoms with Gasteiger partial charge in [0.15, 0.2) is 51.5 Å². The quantitative estimate of drug-likeness (QED) is 0.0206. The van der Waals surface area contributed by atoms with Crippen molar-refractivity contribution in [2.24, 2.45) is 11.8 Å². The second-order valence-electron chi connectivity index (χ2n) is 31.0. The van der Waals surface area contributed by atoms with Gasteiger partial charge in [0.2, 0.25) is 0 Å². The van der Waals surface area contributed by atoms with Gasteiger partial charge in [-0.05, 0) is 223 Å². The number of aryl methyl sites for hydroxylation is 3. The summed E-state index contributed by atoms with van der Waals surface area (Å²) < 4.78 is 30.5. The van der Waals surface area contributed by atoms with Gasteiger partial charge >= 0.3 is 0 Å². The molecular formula is C87H144N6O5PtSi4. The summed E-state index contributed by atoms with van der Waals surface area (Å²) >= 11 is 0. The second-order valence-corrected chi connectivity index (χ2v) is 46.9. The number of benzene rings is 3. The van der Waals surface area contributed by atoms with E-state index in [0.29, 0.717) is 12.5 Å². The van der Waals surface area contributed by atoms with Gasteiger partial charge in [-0.25, -0.2) is 29.9 Å². The van der Waals surface area contributed by atoms with Crippen molar-refractivity contribution < 1.29 is 43.5 Å². The van der Waals surface area contributed by atoms with Crippen molar-refractivity contribution in [3.8, 4) is 51.4 Å². The number of aromatic nitrogens is 6. The molecule has 16 heteroatoms. The summed E-state index contributed by atoms with van der Waals surface area (Å²) in [5, 5.41) is 0. The molecule has 0 N–H and O–H groups in total. The van der Waals surface area contributed by atoms with Crippen LogP contribution < -0.4 is 14.2 Å². The van der Waals surface area contributed by atoms with Crippen molar-refractivity contribution >= 4 is 34.0 Å². The molecule has 0 radical (unpaired) electrons. The van der Waals surface area contributed by atoms with Crippen LogP contribution in [0.1, 0.15) is 239 Å². The molecule has 6 rings (SSSR count). The van der Waals surface area contributed by atoms with Crippen LogP contribution in [-0.4, -0.2) is 83.7 Å². The molecule has 0 amide bonds. The standard InChI is InChI=1S/C32H56N2O2Si2.C27H46N2O2Si2.C23H32N2O.C5H10.Pt/c1-8-9-10-11-12-13-14-15-17-29-26-33-32(34-27-29)30-18-20-31(21-19-30)35-23-16-24-37(4,5)36-38(6,7)25-22-28(2)3;1-6-7-8-9-10-11-12-13-15-24-22-28-27(29-23-24)25-16-18-26(19-17-25)30-20-14-21-33(4,5)31-32(2)3;1-3-5-6-7-8-9-10-11-12-20-18-24-23(25-19-20)21-13-15-22(16-14-21)26-17-4-2;1-4-5(2)3;/h18-21,26-28H,8-17,22-25H2,1-7H3;16-19,22-23,32H,6-15,20-21H2,1-5H3;4,13-16,18-19H,2-3,5-12,17H2,1H3;4-5H,1H2,2-3H3;. The van der Waals surface area contributed by atoms with E-state index < -0.39 is 34.0 Å². The summed E-state index contributed by atoms with van der Waals surface area (Å²) in [4.78, 5) is 27.5. The van der Waals surface area contributed by atoms with Gasteiger partial charge in [0.1, 0.15) is 23.9 Å². The Morgan fingerprint density at radius 3 is 0.951 bits per heavy atom. The molecule has 0 aliphatic heterocycles. The maximum atomic E-state index is 6.76. The fraction of sp³-hybridized carbons (Fsp3) is 0.609. The van der Waals surface area contributed by atoms with E-state index in [1.807, 2.05) is 91.8 Å². The molecule has 3 heterocycles. The maximum Gasteiger partial charge on any atom is 0.173 e. The van der Waals surface area contributed by atoms with Crippen LogP contribution >= 0.6 is 0 Å². The average molecular weight is 1660 g/mol. The van der Waals surface area contributed by atoms with Gasteiger partial charge in [-0.2, -0.15) is 0 Å². The maximum absolute atomic E-state index is 6.76. The zero-order chi connectivity index (χ0) is 74.5. The summed E-state index contributed by atoms with van der Waals surface area (Å²) in [6, 6.07) is 27.8. The second kappa shape index (κ2) is 57.4. The molecule has 0 atom stereocenters. The van der Waals surface area contributed by atoms with Crippen LogP contribution in [0.2, 0.25) is 70.5 Å². The Balaban J connectivity index is 0.000000512. The van der Waals surface area contributed by atoms with Crippen LogP contribution in [-0.2, 0) is 48.6 Å². The van der Waals surface area contributed by atoms with Crippen molar-refractivity contribution in [2.75, 3.05) is 19.8 Å². The summed E-state index contributed by atoms with van der Waals surface area (Å²) in [6.45, 7) is 43.5. The van der Waals surface area contributed by atoms with Gasteiger partial charge in [0, 0.05) is 74.9 Å². The van der Waals surface area contributed by atoms with Crippen molar-refractivity contribution in [1.29, 1.82) is 0 Å². The number of hydrogen-bond acceptors (Lipinski definition) is 11. The normalized spacial score (nSPS) is 11.4. The summed E-state index contributed by atoms with van der Waals surface area (Å²) in [6.07, 6.45) is 54.4. The number of nitrogens with zero attached hydrogens (tertiary/aromatic N) is 6. The van der Waals surface area contributed by atoms with E-state index in [-0.39, 0.29) is 21.1 Å². The SMILES string of the molecule is C=CC(C)C.C=CCOc1ccc(-c2ncc(CCCCCCCCCC)cn2)cc1.CCCCCCCCCCc1cnc(-c2ccc(OCCC[Si](C)(C)O[SiH](C)C)cc2)nc1.CCCCCCCCCCc1cnc(-c2ccc(OCCC[Si](C)(C)O[Si](C)(C)CCC(C)C)cc2)nc1.[Pt]. The first-order chi connectivity index (χ1) is 49.1. The molecule has 0 unspecified atom stereocenters. The fourth-order valence-corrected chi connectivity index (χ4v) is 27.7. The first kappa shape index (κ1) is 94.3. The molecule has 3 aromatic carbocycles. The largest absolute Gasteiger partial charge is 0.494 e. The van der Waals surface area contributed by atoms with Gasteiger partial charge in [-0.15, -0.1) is 6.58 Å². The summed E-state index contributed by atoms with van der Waals surface area (Å²) in [7, 11) is -5.70. The average Bonchev–Trinajstić information content (AvgIpc) is 0.875. The monoisotopic (exact) mass is 1660 g/mol. The predicted molar refractivity (Wildman–Crippen MR) is 450 cm³/mol. The molecule has 0 saturated heterocycles. The van der Waals surface area contributed by atoms with Crippen LogP contribution in [0.3, 0.4) is 0 Å². The molecule has 0 bridgehead atoms. The van der Waals surface area contributed by atoms with Crippen LogP contribution in [0, 0.1) is 11.8 Å². The van der Waals surface area contributed by atoms with Gasteiger partial charge in [0.05, 0.1) is 13.2 Å². The molecule has 6 aromatic rings. The number of hydrogen-bond donors (Lipinski definition) is 0. The van der Waals surface area contributed by atoms with Gasteiger partial charge in [0.25, 0.3) is 0 Å². The van der Waals surface area contributed by atoms with E-state index in [4.69, 9.17) is 22.4 Å². The minimum Gasteiger partial charge on any atom is -0.494 e. The van der Waals surface area contributed by atoms with Gasteiger partial charge in [-0.1, -0.05) is 208 Å². The third-order valence-electron chi connectivity index (χ3n) is 18.1. The molecule has 0 spiro atoms. The molecule has 0 aliphatic carbocycles. The molecule has 0 fully saturated rings. The Labute approximate surface area is 649 Å². The Bertz CT molecular complexity index is 3010. The molecule has 0 aliphatic rings. The first-order valence-corrected chi connectivity index (χ1v) is 52.5. The van der Waals surface area contributed by atoms with Crippen LogP contribution in [0.5, 0.6) is 17.2 Å². The van der Waals surface area contributed by atoms with Crippen LogP contribution in [0.15, 0.2) is 135 Å². The molecule has 11 nitrogen and oxygen atoms in total. The van der Waals surface area contributed by atoms with E-state index in [1.165, 1.54) is 183 Å². The number of allylic oxidation sites excluding steroid dienone is 1. The smallest absolute Gasteiger partial charge is 0.173 e. The Kier molecular flexibility index (Phi) is 52.6. The van der Waals surface area contributed by atoms with Crippen molar-refractivity contribution in [1.82, 2.24) is 29.9 Å². The molecular weight excluding hydrogens is 1520 g/mol. The topological polar surface area (TPSA) is 123 Å². The third kappa shape index (κ3) is 47.5. The van der Waals surface area contributed by atoms with Crippen molar-refractivity contribution in [3.05, 3.63) is 152 Å². The Hall–Kier alpha value is -4.74. The predicted octanol–water partition coefficient (Wildman–Crippen LogP) is 26.1. The van der Waals surface area contributed by atoms with E-state index in [9.17, 15) is 0 Å². The molecule has 0 saturated carbocycles. The van der Waals surface area contributed by atoms with Crippen LogP contribution in [0.4, 0.5) is 0 Å². The summed E-state index contributed by atoms with van der Waals surface area (Å²) in [5.41, 5.74) is 6.78. The molecule has 578 valence electrons. The molecule has 3 aromatic heterocycles. The van der Waals surface area contributed by atoms with Crippen molar-refractivity contribution in [3.63, 3.8) is 0 Å². The van der Waals surface area contributed by atoms with Crippen molar-refractivity contribution in [2.45, 2.75) is 312 Å². The summed E-state index contributed by atoms with van der Waals surface area (Å²) in [5.74, 6) is 6.38. The zero-order valence-corrected chi connectivity index (χ0v) is 74.1. The van der Waals surface area contributed by atoms with E-state index in [0.717, 1.165) is 115 Å².